The van der Waals surface area contributed by atoms with Crippen molar-refractivity contribution in [3.8, 4) is 0 Å². The van der Waals surface area contributed by atoms with E-state index in [0.717, 1.165) is 6.07 Å². The first-order valence-corrected chi connectivity index (χ1v) is 5.18. The molecule has 1 atom stereocenters. The Balaban J connectivity index is 0.00000196. The van der Waals surface area contributed by atoms with Crippen LogP contribution in [-0.2, 0) is 10.1 Å². The molecular weight excluding hydrogens is 234 g/mol. The van der Waals surface area contributed by atoms with E-state index in [1.807, 2.05) is 0 Å². The summed E-state index contributed by atoms with van der Waals surface area (Å²) in [5.41, 5.74) is -2.16. The molecule has 1 unspecified atom stereocenters. The molecule has 0 amide bonds. The van der Waals surface area contributed by atoms with E-state index in [1.54, 1.807) is 0 Å². The van der Waals surface area contributed by atoms with Gasteiger partial charge in [0.15, 0.2) is 5.44 Å². The first-order valence-electron chi connectivity index (χ1n) is 3.71. The maximum absolute atomic E-state index is 12.9. The summed E-state index contributed by atoms with van der Waals surface area (Å²) in [6, 6.07) is 3.31. The van der Waals surface area contributed by atoms with Crippen molar-refractivity contribution in [2.75, 3.05) is 0 Å². The molecule has 78 valence electrons. The second-order valence-electron chi connectivity index (χ2n) is 2.85. The van der Waals surface area contributed by atoms with Crippen molar-refractivity contribution in [3.05, 3.63) is 35.1 Å². The molecule has 1 aromatic carbocycles. The number of aryl methyl sites for hydroxylation is 1. The second kappa shape index (κ2) is 5.38. The van der Waals surface area contributed by atoms with E-state index in [-0.39, 0.29) is 35.1 Å². The van der Waals surface area contributed by atoms with Crippen LogP contribution in [0.15, 0.2) is 18.2 Å². The van der Waals surface area contributed by atoms with Gasteiger partial charge in [-0.2, -0.15) is 0 Å². The van der Waals surface area contributed by atoms with Gasteiger partial charge in [-0.25, -0.2) is 12.8 Å². The molecule has 0 aliphatic rings. The normalized spacial score (nSPS) is 13.1. The van der Waals surface area contributed by atoms with Gasteiger partial charge >= 0.3 is 29.6 Å². The van der Waals surface area contributed by atoms with Crippen LogP contribution in [0.4, 0.5) is 4.39 Å². The van der Waals surface area contributed by atoms with Gasteiger partial charge in [0.1, 0.15) is 15.9 Å². The number of aliphatic hydroxyl groups is 1. The fraction of sp³-hybridized carbons (Fsp3) is 0.250. The van der Waals surface area contributed by atoms with Crippen LogP contribution in [0.2, 0.25) is 0 Å². The summed E-state index contributed by atoms with van der Waals surface area (Å²) < 4.78 is 44.1. The summed E-state index contributed by atoms with van der Waals surface area (Å²) >= 11 is 0. The Labute approximate surface area is 109 Å². The molecule has 0 bridgehead atoms. The van der Waals surface area contributed by atoms with E-state index < -0.39 is 21.4 Å². The van der Waals surface area contributed by atoms with E-state index in [2.05, 4.69) is 0 Å². The van der Waals surface area contributed by atoms with Crippen LogP contribution in [-0.4, -0.2) is 18.1 Å². The Morgan fingerprint density at radius 3 is 2.40 bits per heavy atom. The van der Waals surface area contributed by atoms with Crippen LogP contribution in [0.5, 0.6) is 0 Å². The quantitative estimate of drug-likeness (QED) is 0.466. The Hall–Kier alpha value is 0.0200. The maximum Gasteiger partial charge on any atom is 1.00 e. The number of halogens is 1. The summed E-state index contributed by atoms with van der Waals surface area (Å²) in [5, 5.41) is 9.01. The Morgan fingerprint density at radius 1 is 1.47 bits per heavy atom. The number of hydrogen-bond acceptors (Lipinski definition) is 4. The molecule has 0 radical (unpaired) electrons. The molecule has 1 aromatic rings. The number of benzene rings is 1. The third-order valence-corrected chi connectivity index (χ3v) is 2.57. The van der Waals surface area contributed by atoms with E-state index in [1.165, 1.54) is 19.1 Å². The van der Waals surface area contributed by atoms with Crippen molar-refractivity contribution >= 4 is 10.1 Å². The van der Waals surface area contributed by atoms with Crippen LogP contribution >= 0.6 is 0 Å². The zero-order valence-corrected chi connectivity index (χ0v) is 11.1. The zero-order valence-electron chi connectivity index (χ0n) is 8.27. The standard InChI is InChI=1S/C8H9FO4S.Na/c1-5-2-3-6(4-7(5)9)8(10)14(11,12)13;/h2-4,8,10H,1H3,(H,11,12,13);/q;+1/p-1. The number of rotatable bonds is 2. The molecular formula is C8H8FNaO4S. The predicted octanol–water partition coefficient (Wildman–Crippen LogP) is -2.33. The first-order chi connectivity index (χ1) is 6.32. The van der Waals surface area contributed by atoms with Crippen LogP contribution in [0.25, 0.3) is 0 Å². The molecule has 1 rings (SSSR count). The third-order valence-electron chi connectivity index (χ3n) is 1.75. The van der Waals surface area contributed by atoms with Crippen LogP contribution < -0.4 is 29.6 Å². The van der Waals surface area contributed by atoms with Crippen LogP contribution in [0.3, 0.4) is 0 Å². The fourth-order valence-corrected chi connectivity index (χ4v) is 1.41. The Morgan fingerprint density at radius 2 is 2.00 bits per heavy atom. The third kappa shape index (κ3) is 3.82. The Kier molecular flexibility index (Phi) is 5.39. The van der Waals surface area contributed by atoms with Crippen molar-refractivity contribution in [2.45, 2.75) is 12.4 Å². The van der Waals surface area contributed by atoms with Crippen molar-refractivity contribution in [1.29, 1.82) is 0 Å². The van der Waals surface area contributed by atoms with Gasteiger partial charge in [-0.3, -0.25) is 0 Å². The van der Waals surface area contributed by atoms with Crippen molar-refractivity contribution < 1.29 is 52.0 Å². The topological polar surface area (TPSA) is 77.4 Å². The Bertz CT molecular complexity index is 446. The van der Waals surface area contributed by atoms with Gasteiger partial charge in [-0.1, -0.05) is 12.1 Å². The summed E-state index contributed by atoms with van der Waals surface area (Å²) in [6.07, 6.45) is 0. The molecule has 0 saturated heterocycles. The van der Waals surface area contributed by atoms with Crippen molar-refractivity contribution in [2.24, 2.45) is 0 Å². The monoisotopic (exact) mass is 242 g/mol. The van der Waals surface area contributed by atoms with E-state index in [0.29, 0.717) is 5.56 Å². The average Bonchev–Trinajstić information content (AvgIpc) is 2.07. The molecule has 4 nitrogen and oxygen atoms in total. The van der Waals surface area contributed by atoms with E-state index >= 15 is 0 Å². The molecule has 0 saturated carbocycles. The number of aliphatic hydroxyl groups excluding tert-OH is 1. The minimum absolute atomic E-state index is 0. The van der Waals surface area contributed by atoms with Gasteiger partial charge < -0.3 is 9.66 Å². The minimum Gasteiger partial charge on any atom is -0.746 e. The SMILES string of the molecule is Cc1ccc(C(O)S(=O)(=O)[O-])cc1F.[Na+]. The largest absolute Gasteiger partial charge is 1.00 e. The van der Waals surface area contributed by atoms with Crippen LogP contribution in [0, 0.1) is 12.7 Å². The first kappa shape index (κ1) is 15.0. The van der Waals surface area contributed by atoms with Gasteiger partial charge in [0.25, 0.3) is 0 Å². The summed E-state index contributed by atoms with van der Waals surface area (Å²) in [7, 11) is -4.85. The predicted molar refractivity (Wildman–Crippen MR) is 45.8 cm³/mol. The molecule has 0 fully saturated rings. The van der Waals surface area contributed by atoms with Crippen LogP contribution in [0.1, 0.15) is 16.6 Å². The summed E-state index contributed by atoms with van der Waals surface area (Å²) in [4.78, 5) is 0. The summed E-state index contributed by atoms with van der Waals surface area (Å²) in [5.74, 6) is -0.662. The van der Waals surface area contributed by atoms with Crippen molar-refractivity contribution in [1.82, 2.24) is 0 Å². The molecule has 0 aliphatic carbocycles. The van der Waals surface area contributed by atoms with E-state index in [9.17, 15) is 17.4 Å². The molecule has 7 heteroatoms. The van der Waals surface area contributed by atoms with Gasteiger partial charge in [0.2, 0.25) is 0 Å². The molecule has 15 heavy (non-hydrogen) atoms. The fourth-order valence-electron chi connectivity index (χ4n) is 0.929. The minimum atomic E-state index is -4.85. The second-order valence-corrected chi connectivity index (χ2v) is 4.29. The number of hydrogen-bond donors (Lipinski definition) is 1. The molecule has 0 spiro atoms. The van der Waals surface area contributed by atoms with Crippen molar-refractivity contribution in [3.63, 3.8) is 0 Å². The van der Waals surface area contributed by atoms with Gasteiger partial charge in [-0.05, 0) is 24.1 Å². The van der Waals surface area contributed by atoms with Gasteiger partial charge in [0.05, 0.1) is 0 Å². The molecule has 1 N–H and O–H groups in total. The zero-order chi connectivity index (χ0) is 10.9. The molecule has 0 heterocycles. The molecule has 0 aromatic heterocycles. The maximum atomic E-state index is 12.9. The van der Waals surface area contributed by atoms with Gasteiger partial charge in [0, 0.05) is 0 Å². The van der Waals surface area contributed by atoms with E-state index in [4.69, 9.17) is 5.11 Å². The summed E-state index contributed by atoms with van der Waals surface area (Å²) in [6.45, 7) is 1.48. The average molecular weight is 242 g/mol. The van der Waals surface area contributed by atoms with Gasteiger partial charge in [-0.15, -0.1) is 0 Å². The smallest absolute Gasteiger partial charge is 0.746 e. The molecule has 0 aliphatic heterocycles.